The molecule has 1 aliphatic rings. The molecule has 0 saturated heterocycles. The van der Waals surface area contributed by atoms with Gasteiger partial charge in [0.15, 0.2) is 0 Å². The van der Waals surface area contributed by atoms with Gasteiger partial charge in [0.2, 0.25) is 5.13 Å². The van der Waals surface area contributed by atoms with Crippen LogP contribution in [0, 0.1) is 6.92 Å². The van der Waals surface area contributed by atoms with Crippen LogP contribution in [-0.2, 0) is 0 Å². The summed E-state index contributed by atoms with van der Waals surface area (Å²) in [4.78, 5) is 12.2. The van der Waals surface area contributed by atoms with E-state index in [-0.39, 0.29) is 17.2 Å². The summed E-state index contributed by atoms with van der Waals surface area (Å²) in [6.45, 7) is 1.86. The number of hydrogen-bond donors (Lipinski definition) is 2. The number of carbonyl (C=O) groups is 1. The Hall–Kier alpha value is -1.95. The maximum atomic E-state index is 12.2. The molecule has 3 rings (SSSR count). The first-order valence-corrected chi connectivity index (χ1v) is 8.39. The zero-order valence-corrected chi connectivity index (χ0v) is 13.3. The molecule has 6 heteroatoms. The number of benzene rings is 1. The molecule has 0 bridgehead atoms. The summed E-state index contributed by atoms with van der Waals surface area (Å²) >= 11 is 1.44. The fraction of sp³-hybridized carbons (Fsp3) is 0.438. The number of rotatable bonds is 3. The molecule has 1 fully saturated rings. The summed E-state index contributed by atoms with van der Waals surface area (Å²) in [6, 6.07) is 4.98. The molecule has 116 valence electrons. The molecule has 2 N–H and O–H groups in total. The van der Waals surface area contributed by atoms with Crippen LogP contribution in [-0.4, -0.2) is 21.2 Å². The van der Waals surface area contributed by atoms with Gasteiger partial charge >= 0.3 is 0 Å². The highest BCUT2D eigenvalue weighted by molar-refractivity contribution is 7.15. The highest BCUT2D eigenvalue weighted by Crippen LogP contribution is 2.35. The highest BCUT2D eigenvalue weighted by Gasteiger charge is 2.20. The Labute approximate surface area is 133 Å². The monoisotopic (exact) mass is 317 g/mol. The number of amides is 1. The van der Waals surface area contributed by atoms with Gasteiger partial charge in [-0.2, -0.15) is 0 Å². The Morgan fingerprint density at radius 3 is 2.77 bits per heavy atom. The number of carbonyl (C=O) groups excluding carboxylic acids is 1. The molecule has 0 atom stereocenters. The van der Waals surface area contributed by atoms with Crippen molar-refractivity contribution in [2.24, 2.45) is 0 Å². The van der Waals surface area contributed by atoms with Crippen LogP contribution in [0.15, 0.2) is 18.2 Å². The van der Waals surface area contributed by atoms with Crippen LogP contribution >= 0.6 is 11.3 Å². The van der Waals surface area contributed by atoms with Crippen molar-refractivity contribution in [2.45, 2.75) is 44.9 Å². The van der Waals surface area contributed by atoms with Gasteiger partial charge in [0.25, 0.3) is 5.91 Å². The van der Waals surface area contributed by atoms with Gasteiger partial charge in [-0.1, -0.05) is 36.7 Å². The smallest absolute Gasteiger partial charge is 0.261 e. The molecule has 0 aliphatic heterocycles. The van der Waals surface area contributed by atoms with Gasteiger partial charge in [-0.15, -0.1) is 10.2 Å². The van der Waals surface area contributed by atoms with E-state index in [9.17, 15) is 9.90 Å². The predicted molar refractivity (Wildman–Crippen MR) is 86.5 cm³/mol. The second-order valence-electron chi connectivity index (χ2n) is 5.76. The van der Waals surface area contributed by atoms with Crippen LogP contribution in [0.25, 0.3) is 0 Å². The van der Waals surface area contributed by atoms with E-state index in [0.29, 0.717) is 11.0 Å². The van der Waals surface area contributed by atoms with Crippen LogP contribution in [0.4, 0.5) is 5.13 Å². The van der Waals surface area contributed by atoms with Crippen molar-refractivity contribution >= 4 is 22.4 Å². The number of phenols is 1. The number of anilines is 1. The second kappa shape index (κ2) is 6.44. The lowest BCUT2D eigenvalue weighted by molar-refractivity contribution is 0.102. The molecular formula is C16H19N3O2S. The van der Waals surface area contributed by atoms with Crippen molar-refractivity contribution in [3.8, 4) is 5.75 Å². The molecule has 5 nitrogen and oxygen atoms in total. The number of nitrogens with one attached hydrogen (secondary N) is 1. The Morgan fingerprint density at radius 2 is 2.05 bits per heavy atom. The number of hydrogen-bond acceptors (Lipinski definition) is 5. The Balaban J connectivity index is 1.70. The number of nitrogens with zero attached hydrogens (tertiary/aromatic N) is 2. The minimum atomic E-state index is -0.358. The molecule has 1 aromatic heterocycles. The fourth-order valence-electron chi connectivity index (χ4n) is 2.80. The predicted octanol–water partition coefficient (Wildman–Crippen LogP) is 3.85. The normalized spacial score (nSPS) is 15.7. The van der Waals surface area contributed by atoms with Crippen molar-refractivity contribution < 1.29 is 9.90 Å². The highest BCUT2D eigenvalue weighted by atomic mass is 32.1. The zero-order chi connectivity index (χ0) is 15.5. The van der Waals surface area contributed by atoms with E-state index in [1.807, 2.05) is 6.92 Å². The van der Waals surface area contributed by atoms with E-state index in [4.69, 9.17) is 0 Å². The molecule has 0 spiro atoms. The summed E-state index contributed by atoms with van der Waals surface area (Å²) in [5, 5.41) is 22.3. The lowest BCUT2D eigenvalue weighted by atomic mass is 9.90. The summed E-state index contributed by atoms with van der Waals surface area (Å²) in [7, 11) is 0. The van der Waals surface area contributed by atoms with Crippen LogP contribution < -0.4 is 5.32 Å². The zero-order valence-electron chi connectivity index (χ0n) is 12.5. The molecule has 22 heavy (non-hydrogen) atoms. The topological polar surface area (TPSA) is 75.1 Å². The summed E-state index contributed by atoms with van der Waals surface area (Å²) in [5.74, 6) is 0.100. The number of phenolic OH excluding ortho intramolecular Hbond substituents is 1. The van der Waals surface area contributed by atoms with Crippen molar-refractivity contribution in [3.63, 3.8) is 0 Å². The SMILES string of the molecule is Cc1ccc(C(=O)Nc2nnc(C3CCCCC3)s2)c(O)c1. The van der Waals surface area contributed by atoms with E-state index < -0.39 is 0 Å². The van der Waals surface area contributed by atoms with Crippen LogP contribution in [0.2, 0.25) is 0 Å². The van der Waals surface area contributed by atoms with Crippen molar-refractivity contribution in [3.05, 3.63) is 34.3 Å². The van der Waals surface area contributed by atoms with E-state index >= 15 is 0 Å². The van der Waals surface area contributed by atoms with Crippen LogP contribution in [0.1, 0.15) is 59.0 Å². The number of aryl methyl sites for hydroxylation is 1. The minimum absolute atomic E-state index is 0.0190. The number of aromatic hydroxyl groups is 1. The molecule has 1 aromatic carbocycles. The van der Waals surface area contributed by atoms with Gasteiger partial charge < -0.3 is 5.11 Å². The maximum absolute atomic E-state index is 12.2. The van der Waals surface area contributed by atoms with E-state index in [2.05, 4.69) is 15.5 Å². The van der Waals surface area contributed by atoms with Gasteiger partial charge in [0, 0.05) is 5.92 Å². The third-order valence-corrected chi connectivity index (χ3v) is 5.01. The Morgan fingerprint density at radius 1 is 1.27 bits per heavy atom. The molecule has 1 amide bonds. The fourth-order valence-corrected chi connectivity index (χ4v) is 3.71. The number of aromatic nitrogens is 2. The molecule has 0 unspecified atom stereocenters. The van der Waals surface area contributed by atoms with Crippen LogP contribution in [0.3, 0.4) is 0 Å². The third kappa shape index (κ3) is 3.27. The Bertz CT molecular complexity index is 678. The minimum Gasteiger partial charge on any atom is -0.507 e. The molecule has 1 aliphatic carbocycles. The largest absolute Gasteiger partial charge is 0.507 e. The molecular weight excluding hydrogens is 298 g/mol. The summed E-state index contributed by atoms with van der Waals surface area (Å²) in [6.07, 6.45) is 6.08. The van der Waals surface area contributed by atoms with Gasteiger partial charge in [0.05, 0.1) is 5.56 Å². The standard InChI is InChI=1S/C16H19N3O2S/c1-10-7-8-12(13(20)9-10)14(21)17-16-19-18-15(22-16)11-5-3-2-4-6-11/h7-9,11,20H,2-6H2,1H3,(H,17,19,21). The van der Waals surface area contributed by atoms with Crippen molar-refractivity contribution in [1.82, 2.24) is 10.2 Å². The summed E-state index contributed by atoms with van der Waals surface area (Å²) in [5.41, 5.74) is 1.16. The molecule has 2 aromatic rings. The van der Waals surface area contributed by atoms with Gasteiger partial charge in [-0.05, 0) is 37.5 Å². The second-order valence-corrected chi connectivity index (χ2v) is 6.76. The van der Waals surface area contributed by atoms with E-state index in [1.54, 1.807) is 18.2 Å². The average molecular weight is 317 g/mol. The van der Waals surface area contributed by atoms with Crippen molar-refractivity contribution in [1.29, 1.82) is 0 Å². The maximum Gasteiger partial charge on any atom is 0.261 e. The quantitative estimate of drug-likeness (QED) is 0.901. The summed E-state index contributed by atoms with van der Waals surface area (Å²) < 4.78 is 0. The molecule has 1 saturated carbocycles. The van der Waals surface area contributed by atoms with Gasteiger partial charge in [-0.25, -0.2) is 0 Å². The first-order valence-electron chi connectivity index (χ1n) is 7.58. The first-order chi connectivity index (χ1) is 10.6. The third-order valence-electron chi connectivity index (χ3n) is 4.01. The Kier molecular flexibility index (Phi) is 4.38. The van der Waals surface area contributed by atoms with E-state index in [0.717, 1.165) is 23.4 Å². The van der Waals surface area contributed by atoms with Crippen LogP contribution in [0.5, 0.6) is 5.75 Å². The van der Waals surface area contributed by atoms with Gasteiger partial charge in [0.1, 0.15) is 10.8 Å². The average Bonchev–Trinajstić information content (AvgIpc) is 2.96. The molecule has 0 radical (unpaired) electrons. The first kappa shape index (κ1) is 15.0. The van der Waals surface area contributed by atoms with Crippen molar-refractivity contribution in [2.75, 3.05) is 5.32 Å². The molecule has 1 heterocycles. The lowest BCUT2D eigenvalue weighted by Crippen LogP contribution is -2.11. The lowest BCUT2D eigenvalue weighted by Gasteiger charge is -2.18. The van der Waals surface area contributed by atoms with Gasteiger partial charge in [-0.3, -0.25) is 10.1 Å². The van der Waals surface area contributed by atoms with E-state index in [1.165, 1.54) is 30.6 Å².